The van der Waals surface area contributed by atoms with Crippen LogP contribution in [0.1, 0.15) is 19.5 Å². The van der Waals surface area contributed by atoms with Crippen molar-refractivity contribution in [1.29, 1.82) is 0 Å². The average Bonchev–Trinajstić information content (AvgIpc) is 3.10. The molecule has 0 aliphatic heterocycles. The third-order valence-electron chi connectivity index (χ3n) is 5.26. The van der Waals surface area contributed by atoms with Crippen molar-refractivity contribution in [2.45, 2.75) is 20.8 Å². The van der Waals surface area contributed by atoms with Gasteiger partial charge in [0.2, 0.25) is 5.95 Å². The van der Waals surface area contributed by atoms with Gasteiger partial charge in [-0.2, -0.15) is 0 Å². The molecule has 4 rings (SSSR count). The number of anilines is 3. The average molecular weight is 387 g/mol. The van der Waals surface area contributed by atoms with Gasteiger partial charge in [-0.25, -0.2) is 15.0 Å². The predicted octanol–water partition coefficient (Wildman–Crippen LogP) is 4.71. The first-order chi connectivity index (χ1) is 14.1. The molecule has 0 bridgehead atoms. The van der Waals surface area contributed by atoms with Crippen LogP contribution in [-0.4, -0.2) is 39.5 Å². The van der Waals surface area contributed by atoms with Gasteiger partial charge < -0.3 is 9.80 Å². The van der Waals surface area contributed by atoms with Gasteiger partial charge in [0.25, 0.3) is 0 Å². The van der Waals surface area contributed by atoms with Gasteiger partial charge in [0, 0.05) is 43.9 Å². The molecule has 3 aromatic heterocycles. The minimum absolute atomic E-state index is 0.656. The first kappa shape index (κ1) is 18.9. The van der Waals surface area contributed by atoms with Gasteiger partial charge in [0.15, 0.2) is 0 Å². The molecule has 4 aromatic rings. The third-order valence-corrected chi connectivity index (χ3v) is 5.26. The van der Waals surface area contributed by atoms with E-state index in [0.717, 1.165) is 41.5 Å². The lowest BCUT2D eigenvalue weighted by molar-refractivity contribution is 0.866. The maximum Gasteiger partial charge on any atom is 0.230 e. The molecule has 0 saturated carbocycles. The molecule has 0 aliphatic carbocycles. The van der Waals surface area contributed by atoms with E-state index in [1.165, 1.54) is 5.69 Å². The molecule has 148 valence electrons. The molecule has 3 heterocycles. The minimum atomic E-state index is 0.656. The number of nitrogens with zero attached hydrogens (tertiary/aromatic N) is 6. The lowest BCUT2D eigenvalue weighted by Gasteiger charge is -2.23. The Balaban J connectivity index is 1.67. The highest BCUT2D eigenvalue weighted by atomic mass is 15.2. The summed E-state index contributed by atoms with van der Waals surface area (Å²) in [5.41, 5.74) is 6.00. The van der Waals surface area contributed by atoms with Crippen molar-refractivity contribution in [3.63, 3.8) is 0 Å². The molecule has 1 aromatic carbocycles. The molecule has 29 heavy (non-hydrogen) atoms. The van der Waals surface area contributed by atoms with E-state index in [4.69, 9.17) is 4.98 Å². The predicted molar refractivity (Wildman–Crippen MR) is 119 cm³/mol. The van der Waals surface area contributed by atoms with Crippen molar-refractivity contribution in [3.05, 3.63) is 66.6 Å². The standard InChI is InChI=1S/C23H26N6/c1-5-28(6-2)19-12-10-18(11-13-19)27(4)23-24-15-14-20(26-23)22-17(3)25-21-9-7-8-16-29(21)22/h7-16H,5-6H2,1-4H3. The van der Waals surface area contributed by atoms with E-state index < -0.39 is 0 Å². The molecular weight excluding hydrogens is 360 g/mol. The van der Waals surface area contributed by atoms with Crippen molar-refractivity contribution in [3.8, 4) is 11.4 Å². The fourth-order valence-electron chi connectivity index (χ4n) is 3.66. The van der Waals surface area contributed by atoms with E-state index in [1.807, 2.05) is 49.3 Å². The topological polar surface area (TPSA) is 49.6 Å². The number of aromatic nitrogens is 4. The molecule has 0 aliphatic rings. The minimum Gasteiger partial charge on any atom is -0.372 e. The maximum absolute atomic E-state index is 4.84. The number of hydrogen-bond donors (Lipinski definition) is 0. The molecule has 0 N–H and O–H groups in total. The molecule has 0 radical (unpaired) electrons. The number of hydrogen-bond acceptors (Lipinski definition) is 5. The van der Waals surface area contributed by atoms with Crippen LogP contribution in [0, 0.1) is 6.92 Å². The van der Waals surface area contributed by atoms with Crippen LogP contribution in [0.15, 0.2) is 60.9 Å². The molecule has 0 saturated heterocycles. The zero-order chi connectivity index (χ0) is 20.4. The Morgan fingerprint density at radius 2 is 1.62 bits per heavy atom. The summed E-state index contributed by atoms with van der Waals surface area (Å²) in [7, 11) is 1.99. The van der Waals surface area contributed by atoms with E-state index in [0.29, 0.717) is 5.95 Å². The zero-order valence-electron chi connectivity index (χ0n) is 17.4. The molecular formula is C23H26N6. The summed E-state index contributed by atoms with van der Waals surface area (Å²) in [6.07, 6.45) is 3.82. The van der Waals surface area contributed by atoms with Gasteiger partial charge in [-0.1, -0.05) is 6.07 Å². The number of aryl methyl sites for hydroxylation is 1. The van der Waals surface area contributed by atoms with Gasteiger partial charge >= 0.3 is 0 Å². The molecule has 0 spiro atoms. The summed E-state index contributed by atoms with van der Waals surface area (Å²) in [6, 6.07) is 16.5. The highest BCUT2D eigenvalue weighted by Crippen LogP contribution is 2.27. The molecule has 0 fully saturated rings. The number of benzene rings is 1. The van der Waals surface area contributed by atoms with E-state index in [-0.39, 0.29) is 0 Å². The van der Waals surface area contributed by atoms with Gasteiger partial charge in [-0.3, -0.25) is 4.40 Å². The number of rotatable bonds is 6. The summed E-state index contributed by atoms with van der Waals surface area (Å²) in [4.78, 5) is 18.3. The molecule has 0 atom stereocenters. The number of fused-ring (bicyclic) bond motifs is 1. The summed E-state index contributed by atoms with van der Waals surface area (Å²) in [5.74, 6) is 0.656. The normalized spacial score (nSPS) is 11.0. The number of pyridine rings is 1. The highest BCUT2D eigenvalue weighted by Gasteiger charge is 2.15. The molecule has 0 unspecified atom stereocenters. The maximum atomic E-state index is 4.84. The van der Waals surface area contributed by atoms with Gasteiger partial charge in [-0.05, 0) is 63.2 Å². The lowest BCUT2D eigenvalue weighted by Crippen LogP contribution is -2.21. The number of imidazole rings is 1. The Morgan fingerprint density at radius 1 is 0.897 bits per heavy atom. The quantitative estimate of drug-likeness (QED) is 0.480. The van der Waals surface area contributed by atoms with Crippen molar-refractivity contribution in [2.24, 2.45) is 0 Å². The van der Waals surface area contributed by atoms with Crippen molar-refractivity contribution >= 4 is 23.0 Å². The monoisotopic (exact) mass is 386 g/mol. The van der Waals surface area contributed by atoms with Crippen molar-refractivity contribution in [1.82, 2.24) is 19.4 Å². The van der Waals surface area contributed by atoms with Crippen LogP contribution in [-0.2, 0) is 0 Å². The van der Waals surface area contributed by atoms with Crippen molar-refractivity contribution < 1.29 is 0 Å². The van der Waals surface area contributed by atoms with E-state index in [1.54, 1.807) is 6.20 Å². The summed E-state index contributed by atoms with van der Waals surface area (Å²) in [5, 5.41) is 0. The SMILES string of the molecule is CCN(CC)c1ccc(N(C)c2nccc(-c3c(C)nc4ccccn34)n2)cc1. The van der Waals surface area contributed by atoms with Crippen LogP contribution in [0.5, 0.6) is 0 Å². The Labute approximate surface area is 171 Å². The van der Waals surface area contributed by atoms with E-state index >= 15 is 0 Å². The molecule has 6 heteroatoms. The van der Waals surface area contributed by atoms with Crippen molar-refractivity contribution in [2.75, 3.05) is 29.9 Å². The smallest absolute Gasteiger partial charge is 0.230 e. The zero-order valence-corrected chi connectivity index (χ0v) is 17.4. The Morgan fingerprint density at radius 3 is 2.34 bits per heavy atom. The van der Waals surface area contributed by atoms with Gasteiger partial charge in [0.1, 0.15) is 5.65 Å². The van der Waals surface area contributed by atoms with E-state index in [2.05, 4.69) is 57.4 Å². The van der Waals surface area contributed by atoms with Crippen LogP contribution < -0.4 is 9.80 Å². The second-order valence-electron chi connectivity index (χ2n) is 6.96. The second kappa shape index (κ2) is 7.91. The summed E-state index contributed by atoms with van der Waals surface area (Å²) in [6.45, 7) is 8.35. The molecule has 6 nitrogen and oxygen atoms in total. The Hall–Kier alpha value is -3.41. The Kier molecular flexibility index (Phi) is 5.16. The van der Waals surface area contributed by atoms with Crippen LogP contribution in [0.25, 0.3) is 17.0 Å². The largest absolute Gasteiger partial charge is 0.372 e. The second-order valence-corrected chi connectivity index (χ2v) is 6.96. The highest BCUT2D eigenvalue weighted by molar-refractivity contribution is 5.67. The van der Waals surface area contributed by atoms with Gasteiger partial charge in [0.05, 0.1) is 17.1 Å². The first-order valence-electron chi connectivity index (χ1n) is 9.98. The lowest BCUT2D eigenvalue weighted by atomic mass is 10.2. The van der Waals surface area contributed by atoms with Gasteiger partial charge in [-0.15, -0.1) is 0 Å². The summed E-state index contributed by atoms with van der Waals surface area (Å²) < 4.78 is 2.07. The third kappa shape index (κ3) is 3.53. The van der Waals surface area contributed by atoms with Crippen LogP contribution in [0.2, 0.25) is 0 Å². The van der Waals surface area contributed by atoms with Crippen LogP contribution in [0.4, 0.5) is 17.3 Å². The fraction of sp³-hybridized carbons (Fsp3) is 0.261. The fourth-order valence-corrected chi connectivity index (χ4v) is 3.66. The Bertz CT molecular complexity index is 1110. The van der Waals surface area contributed by atoms with Crippen LogP contribution in [0.3, 0.4) is 0 Å². The van der Waals surface area contributed by atoms with Crippen LogP contribution >= 0.6 is 0 Å². The molecule has 0 amide bonds. The summed E-state index contributed by atoms with van der Waals surface area (Å²) >= 11 is 0. The first-order valence-corrected chi connectivity index (χ1v) is 9.98. The van der Waals surface area contributed by atoms with E-state index in [9.17, 15) is 0 Å².